The van der Waals surface area contributed by atoms with Crippen molar-refractivity contribution < 1.29 is 9.21 Å². The highest BCUT2D eigenvalue weighted by Crippen LogP contribution is 2.32. The van der Waals surface area contributed by atoms with Crippen molar-refractivity contribution in [2.45, 2.75) is 13.8 Å². The molecule has 0 aliphatic rings. The summed E-state index contributed by atoms with van der Waals surface area (Å²) in [7, 11) is 0. The maximum atomic E-state index is 12.9. The highest BCUT2D eigenvalue weighted by molar-refractivity contribution is 7.14. The zero-order valence-electron chi connectivity index (χ0n) is 16.0. The van der Waals surface area contributed by atoms with E-state index in [-0.39, 0.29) is 5.91 Å². The molecule has 0 saturated heterocycles. The van der Waals surface area contributed by atoms with Gasteiger partial charge in [-0.25, -0.2) is 4.98 Å². The number of hydrogen-bond donors (Lipinski definition) is 1. The fourth-order valence-corrected chi connectivity index (χ4v) is 4.22. The van der Waals surface area contributed by atoms with Crippen LogP contribution in [-0.2, 0) is 0 Å². The first kappa shape index (κ1) is 17.6. The topological polar surface area (TPSA) is 55.1 Å². The average molecular weight is 398 g/mol. The van der Waals surface area contributed by atoms with E-state index < -0.39 is 0 Å². The number of carbonyl (C=O) groups is 1. The van der Waals surface area contributed by atoms with Gasteiger partial charge in [0.05, 0.1) is 5.69 Å². The van der Waals surface area contributed by atoms with Gasteiger partial charge in [0.1, 0.15) is 5.58 Å². The third-order valence-electron chi connectivity index (χ3n) is 5.11. The molecule has 0 aliphatic carbocycles. The molecule has 1 N–H and O–H groups in total. The second-order valence-electron chi connectivity index (χ2n) is 7.08. The number of hydrogen-bond acceptors (Lipinski definition) is 4. The van der Waals surface area contributed by atoms with E-state index in [4.69, 9.17) is 4.42 Å². The van der Waals surface area contributed by atoms with Crippen LogP contribution in [-0.4, -0.2) is 10.9 Å². The summed E-state index contributed by atoms with van der Waals surface area (Å²) in [5, 5.41) is 8.42. The summed E-state index contributed by atoms with van der Waals surface area (Å²) in [5.74, 6) is 0.0380. The maximum Gasteiger partial charge on any atom is 0.293 e. The van der Waals surface area contributed by atoms with E-state index in [1.54, 1.807) is 0 Å². The number of carbonyl (C=O) groups excluding carboxylic acids is 1. The van der Waals surface area contributed by atoms with Crippen LogP contribution in [0.4, 0.5) is 5.13 Å². The van der Waals surface area contributed by atoms with E-state index in [9.17, 15) is 4.79 Å². The fourth-order valence-electron chi connectivity index (χ4n) is 3.51. The molecule has 3 aromatic carbocycles. The van der Waals surface area contributed by atoms with Crippen molar-refractivity contribution in [1.82, 2.24) is 4.98 Å². The lowest BCUT2D eigenvalue weighted by molar-refractivity contribution is 0.0998. The monoisotopic (exact) mass is 398 g/mol. The van der Waals surface area contributed by atoms with Crippen molar-refractivity contribution in [1.29, 1.82) is 0 Å². The second kappa shape index (κ2) is 6.87. The summed E-state index contributed by atoms with van der Waals surface area (Å²) < 4.78 is 6.02. The average Bonchev–Trinajstić information content (AvgIpc) is 3.33. The van der Waals surface area contributed by atoms with Crippen molar-refractivity contribution in [3.8, 4) is 11.3 Å². The minimum Gasteiger partial charge on any atom is -0.450 e. The molecule has 1 amide bonds. The number of nitrogens with one attached hydrogen (secondary N) is 1. The quantitative estimate of drug-likeness (QED) is 0.373. The Morgan fingerprint density at radius 3 is 2.59 bits per heavy atom. The van der Waals surface area contributed by atoms with Crippen LogP contribution >= 0.6 is 11.3 Å². The largest absolute Gasteiger partial charge is 0.450 e. The van der Waals surface area contributed by atoms with Gasteiger partial charge in [0.15, 0.2) is 10.9 Å². The molecular formula is C24H18N2O2S. The summed E-state index contributed by atoms with van der Waals surface area (Å²) in [6, 6.07) is 20.2. The zero-order chi connectivity index (χ0) is 20.0. The number of benzene rings is 3. The molecule has 142 valence electrons. The standard InChI is InChI=1S/C24H18N2O2S/c1-14-7-9-17(10-8-14)20-13-29-24(25-20)26-23(27)21-15(2)18-12-11-16-5-3-4-6-19(16)22(18)28-21/h3-13H,1-2H3,(H,25,26,27). The normalized spacial score (nSPS) is 11.2. The van der Waals surface area contributed by atoms with E-state index >= 15 is 0 Å². The first-order valence-corrected chi connectivity index (χ1v) is 10.2. The molecule has 0 aliphatic heterocycles. The molecule has 0 atom stereocenters. The molecule has 0 spiro atoms. The highest BCUT2D eigenvalue weighted by atomic mass is 32.1. The van der Waals surface area contributed by atoms with Gasteiger partial charge in [-0.3, -0.25) is 10.1 Å². The van der Waals surface area contributed by atoms with Gasteiger partial charge in [0.2, 0.25) is 0 Å². The third-order valence-corrected chi connectivity index (χ3v) is 5.86. The Morgan fingerprint density at radius 2 is 1.76 bits per heavy atom. The summed E-state index contributed by atoms with van der Waals surface area (Å²) in [5.41, 5.74) is 4.64. The Kier molecular flexibility index (Phi) is 4.18. The Hall–Kier alpha value is -3.44. The van der Waals surface area contributed by atoms with Crippen molar-refractivity contribution in [3.63, 3.8) is 0 Å². The molecule has 4 nitrogen and oxygen atoms in total. The van der Waals surface area contributed by atoms with Crippen LogP contribution < -0.4 is 5.32 Å². The number of aromatic nitrogens is 1. The molecule has 0 fully saturated rings. The van der Waals surface area contributed by atoms with Gasteiger partial charge >= 0.3 is 0 Å². The molecule has 0 radical (unpaired) electrons. The predicted molar refractivity (Wildman–Crippen MR) is 119 cm³/mol. The number of furan rings is 1. The Bertz CT molecular complexity index is 1360. The summed E-state index contributed by atoms with van der Waals surface area (Å²) in [6.07, 6.45) is 0. The molecule has 0 bridgehead atoms. The number of nitrogens with zero attached hydrogens (tertiary/aromatic N) is 1. The van der Waals surface area contributed by atoms with Gasteiger partial charge in [0, 0.05) is 27.3 Å². The van der Waals surface area contributed by atoms with Crippen LogP contribution in [0, 0.1) is 13.8 Å². The van der Waals surface area contributed by atoms with Crippen LogP contribution in [0.25, 0.3) is 33.0 Å². The first-order valence-electron chi connectivity index (χ1n) is 9.35. The number of amides is 1. The Balaban J connectivity index is 1.47. The summed E-state index contributed by atoms with van der Waals surface area (Å²) >= 11 is 1.40. The van der Waals surface area contributed by atoms with Gasteiger partial charge in [-0.2, -0.15) is 0 Å². The van der Waals surface area contributed by atoms with Crippen LogP contribution in [0.5, 0.6) is 0 Å². The third kappa shape index (κ3) is 3.09. The summed E-state index contributed by atoms with van der Waals surface area (Å²) in [4.78, 5) is 17.4. The van der Waals surface area contributed by atoms with Crippen molar-refractivity contribution in [2.24, 2.45) is 0 Å². The van der Waals surface area contributed by atoms with Gasteiger partial charge in [-0.1, -0.05) is 66.2 Å². The number of rotatable bonds is 3. The second-order valence-corrected chi connectivity index (χ2v) is 7.94. The van der Waals surface area contributed by atoms with Crippen LogP contribution in [0.1, 0.15) is 21.7 Å². The van der Waals surface area contributed by atoms with E-state index in [0.717, 1.165) is 38.6 Å². The number of fused-ring (bicyclic) bond motifs is 3. The van der Waals surface area contributed by atoms with E-state index in [2.05, 4.69) is 35.4 Å². The van der Waals surface area contributed by atoms with E-state index in [0.29, 0.717) is 10.9 Å². The SMILES string of the molecule is Cc1ccc(-c2csc(NC(=O)c3oc4c(ccc5ccccc54)c3C)n2)cc1. The fraction of sp³-hybridized carbons (Fsp3) is 0.0833. The number of thiazole rings is 1. The minimum absolute atomic E-state index is 0.285. The number of anilines is 1. The van der Waals surface area contributed by atoms with Crippen molar-refractivity contribution >= 4 is 44.1 Å². The molecule has 29 heavy (non-hydrogen) atoms. The zero-order valence-corrected chi connectivity index (χ0v) is 16.8. The van der Waals surface area contributed by atoms with Crippen molar-refractivity contribution in [3.05, 3.63) is 82.9 Å². The highest BCUT2D eigenvalue weighted by Gasteiger charge is 2.20. The van der Waals surface area contributed by atoms with Gasteiger partial charge in [-0.05, 0) is 19.2 Å². The Morgan fingerprint density at radius 1 is 0.966 bits per heavy atom. The maximum absolute atomic E-state index is 12.9. The van der Waals surface area contributed by atoms with Gasteiger partial charge < -0.3 is 4.42 Å². The molecule has 5 heteroatoms. The molecule has 5 aromatic rings. The molecule has 2 heterocycles. The van der Waals surface area contributed by atoms with Crippen LogP contribution in [0.3, 0.4) is 0 Å². The summed E-state index contributed by atoms with van der Waals surface area (Å²) in [6.45, 7) is 3.96. The molecular weight excluding hydrogens is 380 g/mol. The molecule has 0 unspecified atom stereocenters. The lowest BCUT2D eigenvalue weighted by atomic mass is 10.1. The first-order chi connectivity index (χ1) is 14.1. The van der Waals surface area contributed by atoms with E-state index in [1.165, 1.54) is 16.9 Å². The lowest BCUT2D eigenvalue weighted by Gasteiger charge is -2.00. The van der Waals surface area contributed by atoms with E-state index in [1.807, 2.05) is 54.8 Å². The van der Waals surface area contributed by atoms with Crippen LogP contribution in [0.15, 0.2) is 70.5 Å². The lowest BCUT2D eigenvalue weighted by Crippen LogP contribution is -2.11. The minimum atomic E-state index is -0.285. The van der Waals surface area contributed by atoms with Crippen molar-refractivity contribution in [2.75, 3.05) is 5.32 Å². The predicted octanol–water partition coefficient (Wildman–Crippen LogP) is 6.58. The Labute approximate surface area is 171 Å². The van der Waals surface area contributed by atoms with Gasteiger partial charge in [0.25, 0.3) is 5.91 Å². The van der Waals surface area contributed by atoms with Crippen LogP contribution in [0.2, 0.25) is 0 Å². The molecule has 0 saturated carbocycles. The molecule has 2 aromatic heterocycles. The van der Waals surface area contributed by atoms with Gasteiger partial charge in [-0.15, -0.1) is 11.3 Å². The molecule has 5 rings (SSSR count). The smallest absolute Gasteiger partial charge is 0.293 e. The number of aryl methyl sites for hydroxylation is 2.